The Balaban J connectivity index is 1.83. The topological polar surface area (TPSA) is 33.1 Å². The van der Waals surface area contributed by atoms with Crippen LogP contribution in [0.4, 0.5) is 0 Å². The van der Waals surface area contributed by atoms with Crippen LogP contribution in [0, 0.1) is 6.92 Å². The summed E-state index contributed by atoms with van der Waals surface area (Å²) in [4.78, 5) is 6.83. The third-order valence-corrected chi connectivity index (χ3v) is 5.35. The first-order valence-corrected chi connectivity index (χ1v) is 9.33. The van der Waals surface area contributed by atoms with Gasteiger partial charge >= 0.3 is 0 Å². The fourth-order valence-corrected chi connectivity index (χ4v) is 4.13. The summed E-state index contributed by atoms with van der Waals surface area (Å²) in [6.45, 7) is 5.13. The summed E-state index contributed by atoms with van der Waals surface area (Å²) in [6.07, 6.45) is 3.97. The van der Waals surface area contributed by atoms with Gasteiger partial charge in [0.2, 0.25) is 0 Å². The van der Waals surface area contributed by atoms with Crippen LogP contribution in [0.3, 0.4) is 0 Å². The molecule has 4 nitrogen and oxygen atoms in total. The van der Waals surface area contributed by atoms with Crippen molar-refractivity contribution >= 4 is 17.3 Å². The Bertz CT molecular complexity index is 919. The number of likely N-dealkylation sites (N-methyl/N-ethyl adjacent to an activating group) is 1. The summed E-state index contributed by atoms with van der Waals surface area (Å²) in [7, 11) is 0. The van der Waals surface area contributed by atoms with Gasteiger partial charge < -0.3 is 14.8 Å². The molecule has 1 aromatic carbocycles. The fraction of sp³-hybridized carbons (Fsp3) is 0.238. The number of benzene rings is 1. The Hall–Kier alpha value is -2.66. The molecule has 132 valence electrons. The number of hydrogen-bond donors (Lipinski definition) is 1. The fourth-order valence-electron chi connectivity index (χ4n) is 3.76. The second-order valence-corrected chi connectivity index (χ2v) is 6.89. The minimum absolute atomic E-state index is 0.0290. The SMILES string of the molecule is CCN1C(=S)NC(c2ccccn2)C1c1cccn1-c1ccccc1C. The Morgan fingerprint density at radius 2 is 1.88 bits per heavy atom. The van der Waals surface area contributed by atoms with Gasteiger partial charge in [0.05, 0.1) is 17.8 Å². The van der Waals surface area contributed by atoms with Crippen LogP contribution in [-0.4, -0.2) is 26.1 Å². The van der Waals surface area contributed by atoms with Crippen molar-refractivity contribution in [3.63, 3.8) is 0 Å². The molecule has 1 N–H and O–H groups in total. The lowest BCUT2D eigenvalue weighted by molar-refractivity contribution is 0.321. The second-order valence-electron chi connectivity index (χ2n) is 6.50. The number of aromatic nitrogens is 2. The zero-order valence-electron chi connectivity index (χ0n) is 15.0. The average Bonchev–Trinajstić information content (AvgIpc) is 3.26. The van der Waals surface area contributed by atoms with Crippen LogP contribution in [0.1, 0.15) is 36.0 Å². The lowest BCUT2D eigenvalue weighted by Crippen LogP contribution is -2.30. The van der Waals surface area contributed by atoms with E-state index in [1.54, 1.807) is 0 Å². The van der Waals surface area contributed by atoms with Crippen molar-refractivity contribution in [3.8, 4) is 5.69 Å². The molecule has 0 spiro atoms. The maximum absolute atomic E-state index is 5.63. The average molecular weight is 363 g/mol. The van der Waals surface area contributed by atoms with Gasteiger partial charge in [-0.3, -0.25) is 4.98 Å². The molecule has 4 rings (SSSR count). The van der Waals surface area contributed by atoms with Crippen molar-refractivity contribution in [2.45, 2.75) is 25.9 Å². The van der Waals surface area contributed by atoms with Crippen molar-refractivity contribution < 1.29 is 0 Å². The molecule has 2 atom stereocenters. The quantitative estimate of drug-likeness (QED) is 0.706. The molecule has 1 saturated heterocycles. The first-order chi connectivity index (χ1) is 12.7. The van der Waals surface area contributed by atoms with Crippen molar-refractivity contribution in [2.24, 2.45) is 0 Å². The van der Waals surface area contributed by atoms with E-state index in [0.717, 1.165) is 17.4 Å². The highest BCUT2D eigenvalue weighted by Gasteiger charge is 2.40. The maximum Gasteiger partial charge on any atom is 0.170 e. The largest absolute Gasteiger partial charge is 0.352 e. The van der Waals surface area contributed by atoms with Gasteiger partial charge in [-0.2, -0.15) is 0 Å². The lowest BCUT2D eigenvalue weighted by atomic mass is 10.0. The van der Waals surface area contributed by atoms with Crippen LogP contribution >= 0.6 is 12.2 Å². The number of para-hydroxylation sites is 1. The van der Waals surface area contributed by atoms with Gasteiger partial charge in [0, 0.05) is 30.3 Å². The van der Waals surface area contributed by atoms with Crippen LogP contribution in [-0.2, 0) is 0 Å². The predicted octanol–water partition coefficient (Wildman–Crippen LogP) is 4.17. The highest BCUT2D eigenvalue weighted by Crippen LogP contribution is 2.39. The van der Waals surface area contributed by atoms with E-state index < -0.39 is 0 Å². The van der Waals surface area contributed by atoms with Crippen LogP contribution in [0.2, 0.25) is 0 Å². The van der Waals surface area contributed by atoms with Crippen LogP contribution in [0.15, 0.2) is 67.0 Å². The number of hydrogen-bond acceptors (Lipinski definition) is 2. The molecule has 0 amide bonds. The summed E-state index contributed by atoms with van der Waals surface area (Å²) in [5.74, 6) is 0. The predicted molar refractivity (Wildman–Crippen MR) is 108 cm³/mol. The van der Waals surface area contributed by atoms with Crippen LogP contribution in [0.25, 0.3) is 5.69 Å². The molecular formula is C21H22N4S. The Morgan fingerprint density at radius 3 is 2.62 bits per heavy atom. The van der Waals surface area contributed by atoms with E-state index in [-0.39, 0.29) is 12.1 Å². The molecular weight excluding hydrogens is 340 g/mol. The summed E-state index contributed by atoms with van der Waals surface area (Å²) in [5.41, 5.74) is 4.66. The third-order valence-electron chi connectivity index (χ3n) is 5.00. The maximum atomic E-state index is 5.63. The molecule has 3 aromatic rings. The number of nitrogens with zero attached hydrogens (tertiary/aromatic N) is 3. The van der Waals surface area contributed by atoms with Crippen molar-refractivity contribution in [3.05, 3.63) is 83.9 Å². The summed E-state index contributed by atoms with van der Waals surface area (Å²) in [5, 5.41) is 4.27. The molecule has 26 heavy (non-hydrogen) atoms. The van der Waals surface area contributed by atoms with E-state index in [2.05, 4.69) is 82.3 Å². The van der Waals surface area contributed by atoms with E-state index in [4.69, 9.17) is 12.2 Å². The van der Waals surface area contributed by atoms with Gasteiger partial charge in [-0.05, 0) is 62.0 Å². The minimum atomic E-state index is 0.0290. The van der Waals surface area contributed by atoms with Gasteiger partial charge in [0.1, 0.15) is 0 Å². The Labute approximate surface area is 159 Å². The number of thiocarbonyl (C=S) groups is 1. The van der Waals surface area contributed by atoms with Gasteiger partial charge in [-0.15, -0.1) is 0 Å². The molecule has 1 aliphatic heterocycles. The molecule has 1 fully saturated rings. The van der Waals surface area contributed by atoms with Crippen molar-refractivity contribution in [2.75, 3.05) is 6.54 Å². The Morgan fingerprint density at radius 1 is 1.08 bits per heavy atom. The van der Waals surface area contributed by atoms with Gasteiger partial charge in [0.15, 0.2) is 5.11 Å². The normalized spacial score (nSPS) is 19.6. The van der Waals surface area contributed by atoms with Gasteiger partial charge in [0.25, 0.3) is 0 Å². The van der Waals surface area contributed by atoms with Gasteiger partial charge in [-0.25, -0.2) is 0 Å². The minimum Gasteiger partial charge on any atom is -0.352 e. The summed E-state index contributed by atoms with van der Waals surface area (Å²) >= 11 is 5.63. The van der Waals surface area contributed by atoms with Crippen LogP contribution < -0.4 is 5.32 Å². The molecule has 2 unspecified atom stereocenters. The molecule has 0 radical (unpaired) electrons. The van der Waals surface area contributed by atoms with E-state index in [0.29, 0.717) is 0 Å². The number of aryl methyl sites for hydroxylation is 1. The molecule has 3 heterocycles. The highest BCUT2D eigenvalue weighted by molar-refractivity contribution is 7.80. The molecule has 2 aromatic heterocycles. The van der Waals surface area contributed by atoms with E-state index >= 15 is 0 Å². The number of rotatable bonds is 4. The first-order valence-electron chi connectivity index (χ1n) is 8.92. The smallest absolute Gasteiger partial charge is 0.170 e. The lowest BCUT2D eigenvalue weighted by Gasteiger charge is -2.28. The number of nitrogens with one attached hydrogen (secondary N) is 1. The third kappa shape index (κ3) is 2.78. The number of pyridine rings is 1. The molecule has 0 saturated carbocycles. The monoisotopic (exact) mass is 362 g/mol. The first kappa shape index (κ1) is 16.8. The van der Waals surface area contributed by atoms with E-state index in [1.807, 2.05) is 18.3 Å². The zero-order valence-corrected chi connectivity index (χ0v) is 15.8. The molecule has 0 aliphatic carbocycles. The summed E-state index contributed by atoms with van der Waals surface area (Å²) in [6, 6.07) is 18.9. The summed E-state index contributed by atoms with van der Waals surface area (Å²) < 4.78 is 2.27. The van der Waals surface area contributed by atoms with E-state index in [9.17, 15) is 0 Å². The molecule has 0 bridgehead atoms. The van der Waals surface area contributed by atoms with Crippen molar-refractivity contribution in [1.29, 1.82) is 0 Å². The molecule has 5 heteroatoms. The standard InChI is InChI=1S/C21H22N4S/c1-3-24-20(19(23-21(24)26)16-10-6-7-13-22-16)18-12-8-14-25(18)17-11-5-4-9-15(17)2/h4-14,19-20H,3H2,1-2H3,(H,23,26). The second kappa shape index (κ2) is 6.92. The zero-order chi connectivity index (χ0) is 18.1. The Kier molecular flexibility index (Phi) is 4.47. The van der Waals surface area contributed by atoms with E-state index in [1.165, 1.54) is 16.9 Å². The van der Waals surface area contributed by atoms with Crippen LogP contribution in [0.5, 0.6) is 0 Å². The van der Waals surface area contributed by atoms with Gasteiger partial charge in [-0.1, -0.05) is 24.3 Å². The highest BCUT2D eigenvalue weighted by atomic mass is 32.1. The molecule has 1 aliphatic rings. The van der Waals surface area contributed by atoms with Crippen molar-refractivity contribution in [1.82, 2.24) is 19.8 Å².